The van der Waals surface area contributed by atoms with Gasteiger partial charge in [0.1, 0.15) is 0 Å². The summed E-state index contributed by atoms with van der Waals surface area (Å²) in [7, 11) is -0.0725. The Balaban J connectivity index is 3.22. The van der Waals surface area contributed by atoms with Crippen LogP contribution in [0.5, 0.6) is 0 Å². The monoisotopic (exact) mass is 248 g/mol. The van der Waals surface area contributed by atoms with Crippen LogP contribution in [0.15, 0.2) is 23.0 Å². The zero-order valence-electron chi connectivity index (χ0n) is 6.45. The van der Waals surface area contributed by atoms with Gasteiger partial charge in [-0.2, -0.15) is 13.2 Å². The van der Waals surface area contributed by atoms with Crippen molar-refractivity contribution in [1.29, 1.82) is 0 Å². The van der Waals surface area contributed by atoms with Crippen molar-refractivity contribution in [2.75, 3.05) is 0 Å². The highest BCUT2D eigenvalue weighted by atomic mass is 35.7. The standard InChI is InChI=1S/C6H4ClF3O3S/c7-14(11,12)5(6(8,9)10)4-1-2-13-3-4/h1-3,5H. The topological polar surface area (TPSA) is 47.3 Å². The van der Waals surface area contributed by atoms with E-state index in [1.807, 2.05) is 0 Å². The summed E-state index contributed by atoms with van der Waals surface area (Å²) in [6.45, 7) is 0. The molecule has 1 aromatic heterocycles. The van der Waals surface area contributed by atoms with Crippen molar-refractivity contribution >= 4 is 19.7 Å². The maximum absolute atomic E-state index is 12.3. The van der Waals surface area contributed by atoms with Crippen LogP contribution in [-0.2, 0) is 9.05 Å². The van der Waals surface area contributed by atoms with Crippen LogP contribution in [0.2, 0.25) is 0 Å². The first-order valence-electron chi connectivity index (χ1n) is 3.25. The molecule has 0 aliphatic heterocycles. The molecule has 0 spiro atoms. The molecule has 0 amide bonds. The summed E-state index contributed by atoms with van der Waals surface area (Å²) in [6.07, 6.45) is -3.32. The maximum Gasteiger partial charge on any atom is 0.410 e. The van der Waals surface area contributed by atoms with E-state index in [0.717, 1.165) is 12.3 Å². The Bertz CT molecular complexity index is 394. The van der Waals surface area contributed by atoms with Gasteiger partial charge in [0.2, 0.25) is 9.05 Å². The molecule has 1 heterocycles. The Hall–Kier alpha value is -0.690. The van der Waals surface area contributed by atoms with E-state index in [1.165, 1.54) is 0 Å². The predicted molar refractivity (Wildman–Crippen MR) is 42.3 cm³/mol. The van der Waals surface area contributed by atoms with E-state index in [-0.39, 0.29) is 0 Å². The van der Waals surface area contributed by atoms with Gasteiger partial charge in [-0.15, -0.1) is 0 Å². The van der Waals surface area contributed by atoms with Gasteiger partial charge in [-0.3, -0.25) is 0 Å². The maximum atomic E-state index is 12.3. The number of hydrogen-bond donors (Lipinski definition) is 0. The molecular formula is C6H4ClF3O3S. The zero-order valence-corrected chi connectivity index (χ0v) is 8.03. The lowest BCUT2D eigenvalue weighted by molar-refractivity contribution is -0.131. The molecule has 0 radical (unpaired) electrons. The van der Waals surface area contributed by atoms with E-state index in [9.17, 15) is 21.6 Å². The van der Waals surface area contributed by atoms with E-state index in [1.54, 1.807) is 0 Å². The number of rotatable bonds is 2. The molecule has 0 saturated heterocycles. The summed E-state index contributed by atoms with van der Waals surface area (Å²) in [5.74, 6) is 0. The molecule has 3 nitrogen and oxygen atoms in total. The van der Waals surface area contributed by atoms with Crippen LogP contribution in [0.4, 0.5) is 13.2 Å². The smallest absolute Gasteiger partial charge is 0.410 e. The van der Waals surface area contributed by atoms with Crippen molar-refractivity contribution in [1.82, 2.24) is 0 Å². The van der Waals surface area contributed by atoms with E-state index in [4.69, 9.17) is 0 Å². The molecule has 80 valence electrons. The van der Waals surface area contributed by atoms with Gasteiger partial charge in [0, 0.05) is 16.2 Å². The predicted octanol–water partition coefficient (Wildman–Crippen LogP) is 2.45. The molecule has 0 aliphatic carbocycles. The molecule has 0 bridgehead atoms. The van der Waals surface area contributed by atoms with Crippen molar-refractivity contribution in [2.24, 2.45) is 0 Å². The highest BCUT2D eigenvalue weighted by molar-refractivity contribution is 8.14. The number of hydrogen-bond acceptors (Lipinski definition) is 3. The molecule has 0 aliphatic rings. The fourth-order valence-corrected chi connectivity index (χ4v) is 2.33. The first kappa shape index (κ1) is 11.4. The van der Waals surface area contributed by atoms with Gasteiger partial charge < -0.3 is 4.42 Å². The largest absolute Gasteiger partial charge is 0.472 e. The Morgan fingerprint density at radius 2 is 2.00 bits per heavy atom. The zero-order chi connectivity index (χ0) is 11.0. The Morgan fingerprint density at radius 3 is 2.29 bits per heavy atom. The highest BCUT2D eigenvalue weighted by Crippen LogP contribution is 2.40. The molecule has 1 aromatic rings. The second-order valence-electron chi connectivity index (χ2n) is 2.45. The molecular weight excluding hydrogens is 245 g/mol. The second-order valence-corrected chi connectivity index (χ2v) is 5.17. The fourth-order valence-electron chi connectivity index (χ4n) is 0.935. The lowest BCUT2D eigenvalue weighted by Crippen LogP contribution is -2.25. The third kappa shape index (κ3) is 2.42. The summed E-state index contributed by atoms with van der Waals surface area (Å²) in [6, 6.07) is 0.901. The van der Waals surface area contributed by atoms with Gasteiger partial charge in [-0.05, 0) is 6.07 Å². The van der Waals surface area contributed by atoms with Crippen molar-refractivity contribution in [3.05, 3.63) is 24.2 Å². The molecule has 1 rings (SSSR count). The van der Waals surface area contributed by atoms with Crippen molar-refractivity contribution in [3.8, 4) is 0 Å². The van der Waals surface area contributed by atoms with Gasteiger partial charge >= 0.3 is 6.18 Å². The first-order chi connectivity index (χ1) is 6.23. The number of alkyl halides is 3. The minimum absolute atomic E-state index is 0.535. The van der Waals surface area contributed by atoms with Crippen LogP contribution in [0.1, 0.15) is 10.8 Å². The number of furan rings is 1. The van der Waals surface area contributed by atoms with E-state index < -0.39 is 26.0 Å². The highest BCUT2D eigenvalue weighted by Gasteiger charge is 2.49. The quantitative estimate of drug-likeness (QED) is 0.756. The Kier molecular flexibility index (Phi) is 2.82. The molecule has 14 heavy (non-hydrogen) atoms. The second kappa shape index (κ2) is 3.47. The molecule has 0 saturated carbocycles. The Labute approximate surface area is 81.9 Å². The molecule has 0 fully saturated rings. The van der Waals surface area contributed by atoms with E-state index in [2.05, 4.69) is 15.1 Å². The normalized spacial score (nSPS) is 15.4. The Morgan fingerprint density at radius 1 is 1.43 bits per heavy atom. The van der Waals surface area contributed by atoms with Crippen LogP contribution in [0, 0.1) is 0 Å². The third-order valence-corrected chi connectivity index (χ3v) is 3.06. The average Bonchev–Trinajstić information content (AvgIpc) is 2.31. The van der Waals surface area contributed by atoms with Crippen LogP contribution >= 0.6 is 10.7 Å². The van der Waals surface area contributed by atoms with Gasteiger partial charge in [0.05, 0.1) is 12.5 Å². The van der Waals surface area contributed by atoms with Gasteiger partial charge in [0.25, 0.3) is 0 Å². The minimum atomic E-state index is -4.95. The average molecular weight is 249 g/mol. The molecule has 1 atom stereocenters. The van der Waals surface area contributed by atoms with Crippen molar-refractivity contribution in [2.45, 2.75) is 11.4 Å². The minimum Gasteiger partial charge on any atom is -0.472 e. The summed E-state index contributed by atoms with van der Waals surface area (Å²) in [5, 5.41) is -2.74. The summed E-state index contributed by atoms with van der Waals surface area (Å²) in [5.41, 5.74) is -0.535. The molecule has 8 heteroatoms. The summed E-state index contributed by atoms with van der Waals surface area (Å²) in [4.78, 5) is 0. The number of halogens is 4. The van der Waals surface area contributed by atoms with Crippen LogP contribution in [0.25, 0.3) is 0 Å². The fraction of sp³-hybridized carbons (Fsp3) is 0.333. The molecule has 0 aromatic carbocycles. The SMILES string of the molecule is O=S(=O)(Cl)C(c1ccoc1)C(F)(F)F. The lowest BCUT2D eigenvalue weighted by Gasteiger charge is -2.14. The van der Waals surface area contributed by atoms with Gasteiger partial charge in [-0.25, -0.2) is 8.42 Å². The van der Waals surface area contributed by atoms with Crippen molar-refractivity contribution < 1.29 is 26.0 Å². The lowest BCUT2D eigenvalue weighted by atomic mass is 10.2. The van der Waals surface area contributed by atoms with Crippen LogP contribution in [0.3, 0.4) is 0 Å². The van der Waals surface area contributed by atoms with E-state index >= 15 is 0 Å². The van der Waals surface area contributed by atoms with Crippen LogP contribution in [-0.4, -0.2) is 14.6 Å². The molecule has 0 N–H and O–H groups in total. The van der Waals surface area contributed by atoms with Crippen molar-refractivity contribution in [3.63, 3.8) is 0 Å². The third-order valence-electron chi connectivity index (χ3n) is 1.42. The van der Waals surface area contributed by atoms with Gasteiger partial charge in [-0.1, -0.05) is 0 Å². The summed E-state index contributed by atoms with van der Waals surface area (Å²) < 4.78 is 62.5. The molecule has 1 unspecified atom stereocenters. The van der Waals surface area contributed by atoms with E-state index in [0.29, 0.717) is 6.26 Å². The first-order valence-corrected chi connectivity index (χ1v) is 5.62. The summed E-state index contributed by atoms with van der Waals surface area (Å²) >= 11 is 0. The van der Waals surface area contributed by atoms with Gasteiger partial charge in [0.15, 0.2) is 5.25 Å². The van der Waals surface area contributed by atoms with Crippen LogP contribution < -0.4 is 0 Å².